The van der Waals surface area contributed by atoms with Gasteiger partial charge in [0.15, 0.2) is 0 Å². The molecule has 3 nitrogen and oxygen atoms in total. The normalized spacial score (nSPS) is 34.2. The third kappa shape index (κ3) is 1.94. The van der Waals surface area contributed by atoms with Gasteiger partial charge in [0.25, 0.3) is 0 Å². The molecule has 0 radical (unpaired) electrons. The molecule has 2 unspecified atom stereocenters. The number of rotatable bonds is 2. The maximum Gasteiger partial charge on any atom is 0.0814 e. The van der Waals surface area contributed by atoms with Crippen molar-refractivity contribution in [1.82, 2.24) is 5.32 Å². The topological polar surface area (TPSA) is 41.5 Å². The fourth-order valence-electron chi connectivity index (χ4n) is 1.27. The van der Waals surface area contributed by atoms with Crippen LogP contribution in [0.5, 0.6) is 0 Å². The summed E-state index contributed by atoms with van der Waals surface area (Å²) in [6, 6.07) is 0. The Kier molecular flexibility index (Phi) is 3.12. The predicted octanol–water partition coefficient (Wildman–Crippen LogP) is -0.397. The van der Waals surface area contributed by atoms with E-state index >= 15 is 0 Å². The summed E-state index contributed by atoms with van der Waals surface area (Å²) >= 11 is 0. The van der Waals surface area contributed by atoms with E-state index in [-0.39, 0.29) is 6.10 Å². The number of ether oxygens (including phenoxy) is 1. The Labute approximate surface area is 61.4 Å². The number of aliphatic hydroxyl groups excluding tert-OH is 1. The van der Waals surface area contributed by atoms with Crippen molar-refractivity contribution in [2.24, 2.45) is 5.92 Å². The fraction of sp³-hybridized carbons (Fsp3) is 1.00. The third-order valence-corrected chi connectivity index (χ3v) is 1.93. The molecule has 0 bridgehead atoms. The Morgan fingerprint density at radius 1 is 1.70 bits per heavy atom. The highest BCUT2D eigenvalue weighted by Crippen LogP contribution is 2.13. The van der Waals surface area contributed by atoms with Gasteiger partial charge in [-0.05, 0) is 13.5 Å². The van der Waals surface area contributed by atoms with E-state index in [1.54, 1.807) is 0 Å². The van der Waals surface area contributed by atoms with Crippen molar-refractivity contribution in [1.29, 1.82) is 0 Å². The second-order valence-corrected chi connectivity index (χ2v) is 2.75. The molecule has 0 spiro atoms. The van der Waals surface area contributed by atoms with Crippen LogP contribution in [0.25, 0.3) is 0 Å². The van der Waals surface area contributed by atoms with Crippen molar-refractivity contribution in [2.75, 3.05) is 26.8 Å². The number of nitrogens with one attached hydrogen (secondary N) is 1. The zero-order valence-electron chi connectivity index (χ0n) is 6.34. The van der Waals surface area contributed by atoms with Crippen molar-refractivity contribution in [3.8, 4) is 0 Å². The molecule has 0 aliphatic carbocycles. The van der Waals surface area contributed by atoms with Crippen molar-refractivity contribution in [3.05, 3.63) is 0 Å². The summed E-state index contributed by atoms with van der Waals surface area (Å²) < 4.78 is 5.08. The summed E-state index contributed by atoms with van der Waals surface area (Å²) in [4.78, 5) is 0. The lowest BCUT2D eigenvalue weighted by Crippen LogP contribution is -2.37. The molecule has 1 aliphatic rings. The lowest BCUT2D eigenvalue weighted by atomic mass is 9.97. The number of hydrogen-bond acceptors (Lipinski definition) is 3. The first kappa shape index (κ1) is 7.98. The van der Waals surface area contributed by atoms with Crippen LogP contribution in [0.2, 0.25) is 0 Å². The second kappa shape index (κ2) is 3.91. The van der Waals surface area contributed by atoms with Gasteiger partial charge in [-0.15, -0.1) is 0 Å². The summed E-state index contributed by atoms with van der Waals surface area (Å²) in [5, 5.41) is 12.4. The smallest absolute Gasteiger partial charge is 0.0814 e. The SMILES string of the molecule is CNCC1CCOCC1O. The summed E-state index contributed by atoms with van der Waals surface area (Å²) in [7, 11) is 1.90. The molecule has 1 rings (SSSR count). The van der Waals surface area contributed by atoms with Crippen molar-refractivity contribution >= 4 is 0 Å². The van der Waals surface area contributed by atoms with E-state index in [1.165, 1.54) is 0 Å². The van der Waals surface area contributed by atoms with Crippen LogP contribution >= 0.6 is 0 Å². The summed E-state index contributed by atoms with van der Waals surface area (Å²) in [5.41, 5.74) is 0. The minimum absolute atomic E-state index is 0.263. The molecule has 2 N–H and O–H groups in total. The van der Waals surface area contributed by atoms with Gasteiger partial charge in [0.2, 0.25) is 0 Å². The van der Waals surface area contributed by atoms with Crippen LogP contribution in [-0.2, 0) is 4.74 Å². The van der Waals surface area contributed by atoms with Gasteiger partial charge in [-0.3, -0.25) is 0 Å². The minimum atomic E-state index is -0.263. The van der Waals surface area contributed by atoms with Gasteiger partial charge in [0.1, 0.15) is 0 Å². The van der Waals surface area contributed by atoms with Crippen LogP contribution in [0.4, 0.5) is 0 Å². The summed E-state index contributed by atoms with van der Waals surface area (Å²) in [6.45, 7) is 2.19. The molecule has 0 aromatic heterocycles. The molecule has 1 aliphatic heterocycles. The van der Waals surface area contributed by atoms with E-state index in [1.807, 2.05) is 7.05 Å². The van der Waals surface area contributed by atoms with Gasteiger partial charge in [0.05, 0.1) is 12.7 Å². The highest BCUT2D eigenvalue weighted by atomic mass is 16.5. The van der Waals surface area contributed by atoms with Crippen LogP contribution in [0.15, 0.2) is 0 Å². The molecule has 10 heavy (non-hydrogen) atoms. The molecule has 2 atom stereocenters. The van der Waals surface area contributed by atoms with Crippen molar-refractivity contribution < 1.29 is 9.84 Å². The molecule has 0 aromatic carbocycles. The molecular formula is C7H15NO2. The van der Waals surface area contributed by atoms with E-state index in [2.05, 4.69) is 5.32 Å². The Hall–Kier alpha value is -0.120. The van der Waals surface area contributed by atoms with Gasteiger partial charge in [-0.1, -0.05) is 0 Å². The fourth-order valence-corrected chi connectivity index (χ4v) is 1.27. The first-order valence-electron chi connectivity index (χ1n) is 3.75. The molecule has 60 valence electrons. The maximum atomic E-state index is 9.34. The van der Waals surface area contributed by atoms with Gasteiger partial charge >= 0.3 is 0 Å². The predicted molar refractivity (Wildman–Crippen MR) is 38.9 cm³/mol. The first-order valence-corrected chi connectivity index (χ1v) is 3.75. The molecule has 1 saturated heterocycles. The molecule has 1 fully saturated rings. The van der Waals surface area contributed by atoms with Crippen LogP contribution in [0.3, 0.4) is 0 Å². The first-order chi connectivity index (χ1) is 4.84. The quantitative estimate of drug-likeness (QED) is 0.555. The Bertz CT molecular complexity index is 95.6. The van der Waals surface area contributed by atoms with Crippen LogP contribution in [0, 0.1) is 5.92 Å². The molecular weight excluding hydrogens is 130 g/mol. The lowest BCUT2D eigenvalue weighted by molar-refractivity contribution is -0.0425. The minimum Gasteiger partial charge on any atom is -0.390 e. The number of hydrogen-bond donors (Lipinski definition) is 2. The van der Waals surface area contributed by atoms with Gasteiger partial charge in [-0.25, -0.2) is 0 Å². The molecule has 0 saturated carbocycles. The molecule has 0 aromatic rings. The van der Waals surface area contributed by atoms with E-state index in [9.17, 15) is 5.11 Å². The largest absolute Gasteiger partial charge is 0.390 e. The average molecular weight is 145 g/mol. The molecule has 0 amide bonds. The Balaban J connectivity index is 2.25. The summed E-state index contributed by atoms with van der Waals surface area (Å²) in [6.07, 6.45) is 0.711. The zero-order chi connectivity index (χ0) is 7.40. The number of aliphatic hydroxyl groups is 1. The van der Waals surface area contributed by atoms with E-state index in [4.69, 9.17) is 4.74 Å². The van der Waals surface area contributed by atoms with Gasteiger partial charge in [0, 0.05) is 19.1 Å². The molecule has 3 heteroatoms. The maximum absolute atomic E-state index is 9.34. The Morgan fingerprint density at radius 2 is 2.50 bits per heavy atom. The summed E-state index contributed by atoms with van der Waals surface area (Å²) in [5.74, 6) is 0.388. The van der Waals surface area contributed by atoms with E-state index < -0.39 is 0 Å². The monoisotopic (exact) mass is 145 g/mol. The lowest BCUT2D eigenvalue weighted by Gasteiger charge is -2.27. The van der Waals surface area contributed by atoms with Gasteiger partial charge in [-0.2, -0.15) is 0 Å². The van der Waals surface area contributed by atoms with Gasteiger partial charge < -0.3 is 15.2 Å². The standard InChI is InChI=1S/C7H15NO2/c1-8-4-6-2-3-10-5-7(6)9/h6-9H,2-5H2,1H3. The van der Waals surface area contributed by atoms with E-state index in [0.717, 1.165) is 19.6 Å². The zero-order valence-corrected chi connectivity index (χ0v) is 6.34. The van der Waals surface area contributed by atoms with Crippen LogP contribution in [0.1, 0.15) is 6.42 Å². The average Bonchev–Trinajstić information content (AvgIpc) is 1.94. The van der Waals surface area contributed by atoms with Crippen LogP contribution in [-0.4, -0.2) is 38.0 Å². The highest BCUT2D eigenvalue weighted by molar-refractivity contribution is 4.73. The van der Waals surface area contributed by atoms with Crippen molar-refractivity contribution in [2.45, 2.75) is 12.5 Å². The highest BCUT2D eigenvalue weighted by Gasteiger charge is 2.22. The van der Waals surface area contributed by atoms with Crippen LogP contribution < -0.4 is 5.32 Å². The van der Waals surface area contributed by atoms with E-state index in [0.29, 0.717) is 12.5 Å². The molecule has 1 heterocycles. The van der Waals surface area contributed by atoms with Crippen molar-refractivity contribution in [3.63, 3.8) is 0 Å². The second-order valence-electron chi connectivity index (χ2n) is 2.75. The third-order valence-electron chi connectivity index (χ3n) is 1.93. The Morgan fingerprint density at radius 3 is 3.10 bits per heavy atom.